The van der Waals surface area contributed by atoms with Gasteiger partial charge in [-0.15, -0.1) is 0 Å². The molecule has 1 aromatic heterocycles. The van der Waals surface area contributed by atoms with E-state index in [2.05, 4.69) is 11.9 Å². The maximum Gasteiger partial charge on any atom is 0.0740 e. The average molecular weight is 237 g/mol. The number of aryl methyl sites for hydroxylation is 1. The Morgan fingerprint density at radius 2 is 1.94 bits per heavy atom. The van der Waals surface area contributed by atoms with Gasteiger partial charge >= 0.3 is 0 Å². The monoisotopic (exact) mass is 236 g/mol. The molecular formula is C13H17ClN2. The van der Waals surface area contributed by atoms with E-state index in [1.807, 2.05) is 38.1 Å². The van der Waals surface area contributed by atoms with Crippen LogP contribution in [0.2, 0.25) is 5.02 Å². The molecule has 2 rings (SSSR count). The fourth-order valence-corrected chi connectivity index (χ4v) is 1.63. The van der Waals surface area contributed by atoms with Gasteiger partial charge in [-0.05, 0) is 30.7 Å². The van der Waals surface area contributed by atoms with Gasteiger partial charge in [0.15, 0.2) is 0 Å². The van der Waals surface area contributed by atoms with E-state index in [9.17, 15) is 0 Å². The Labute approximate surface area is 101 Å². The summed E-state index contributed by atoms with van der Waals surface area (Å²) in [6, 6.07) is 7.48. The highest BCUT2D eigenvalue weighted by Gasteiger charge is 2.02. The number of aromatic nitrogens is 1. The highest BCUT2D eigenvalue weighted by Crippen LogP contribution is 2.23. The smallest absolute Gasteiger partial charge is 0.0740 e. The van der Waals surface area contributed by atoms with Crippen LogP contribution in [0, 0.1) is 0 Å². The van der Waals surface area contributed by atoms with Crippen molar-refractivity contribution in [3.63, 3.8) is 0 Å². The molecule has 1 aromatic carbocycles. The molecular weight excluding hydrogens is 220 g/mol. The zero-order valence-corrected chi connectivity index (χ0v) is 10.7. The van der Waals surface area contributed by atoms with Gasteiger partial charge in [0.05, 0.1) is 5.52 Å². The third-order valence-corrected chi connectivity index (χ3v) is 2.45. The lowest BCUT2D eigenvalue weighted by Gasteiger charge is -2.04. The van der Waals surface area contributed by atoms with Crippen LogP contribution in [0.4, 0.5) is 5.69 Å². The Morgan fingerprint density at radius 1 is 1.25 bits per heavy atom. The first-order valence-electron chi connectivity index (χ1n) is 5.55. The van der Waals surface area contributed by atoms with E-state index in [1.165, 1.54) is 0 Å². The van der Waals surface area contributed by atoms with Crippen molar-refractivity contribution < 1.29 is 0 Å². The quantitative estimate of drug-likeness (QED) is 0.811. The van der Waals surface area contributed by atoms with Gasteiger partial charge < -0.3 is 5.73 Å². The highest BCUT2D eigenvalue weighted by molar-refractivity contribution is 6.31. The number of rotatable bonds is 1. The predicted molar refractivity (Wildman–Crippen MR) is 71.9 cm³/mol. The molecule has 3 heteroatoms. The van der Waals surface area contributed by atoms with Crippen LogP contribution in [-0.2, 0) is 6.42 Å². The minimum atomic E-state index is 0.692. The number of nitrogens with two attached hydrogens (primary N) is 1. The summed E-state index contributed by atoms with van der Waals surface area (Å²) in [5.74, 6) is 0. The fraction of sp³-hybridized carbons (Fsp3) is 0.308. The molecule has 2 aromatic rings. The van der Waals surface area contributed by atoms with Gasteiger partial charge in [0.2, 0.25) is 0 Å². The molecule has 2 nitrogen and oxygen atoms in total. The summed E-state index contributed by atoms with van der Waals surface area (Å²) < 4.78 is 0. The van der Waals surface area contributed by atoms with Gasteiger partial charge in [-0.2, -0.15) is 0 Å². The maximum absolute atomic E-state index is 5.90. The van der Waals surface area contributed by atoms with Gasteiger partial charge in [0.1, 0.15) is 0 Å². The molecule has 1 heterocycles. The Kier molecular flexibility index (Phi) is 4.56. The number of benzene rings is 1. The van der Waals surface area contributed by atoms with Gasteiger partial charge in [-0.3, -0.25) is 4.98 Å². The van der Waals surface area contributed by atoms with Gasteiger partial charge in [0, 0.05) is 21.8 Å². The topological polar surface area (TPSA) is 38.9 Å². The van der Waals surface area contributed by atoms with Crippen molar-refractivity contribution in [1.82, 2.24) is 4.98 Å². The lowest BCUT2D eigenvalue weighted by atomic mass is 10.1. The summed E-state index contributed by atoms with van der Waals surface area (Å²) >= 11 is 5.89. The molecule has 0 atom stereocenters. The summed E-state index contributed by atoms with van der Waals surface area (Å²) in [7, 11) is 0. The molecule has 86 valence electrons. The largest absolute Gasteiger partial charge is 0.398 e. The van der Waals surface area contributed by atoms with E-state index in [0.717, 1.165) is 28.7 Å². The molecule has 16 heavy (non-hydrogen) atoms. The van der Waals surface area contributed by atoms with E-state index >= 15 is 0 Å². The molecule has 0 aliphatic heterocycles. The second-order valence-corrected chi connectivity index (χ2v) is 3.65. The molecule has 0 radical (unpaired) electrons. The van der Waals surface area contributed by atoms with Crippen LogP contribution in [-0.4, -0.2) is 4.98 Å². The Morgan fingerprint density at radius 3 is 2.56 bits per heavy atom. The average Bonchev–Trinajstić information content (AvgIpc) is 2.30. The second kappa shape index (κ2) is 5.71. The lowest BCUT2D eigenvalue weighted by Crippen LogP contribution is -1.94. The minimum absolute atomic E-state index is 0.692. The lowest BCUT2D eigenvalue weighted by molar-refractivity contribution is 1.06. The van der Waals surface area contributed by atoms with Crippen molar-refractivity contribution in [2.75, 3.05) is 5.73 Å². The van der Waals surface area contributed by atoms with Crippen molar-refractivity contribution in [3.8, 4) is 0 Å². The molecule has 0 amide bonds. The standard InChI is InChI=1S/C11H11ClN2.C2H6/c1-2-8-6-10(13)9-4-3-7(12)5-11(9)14-8;1-2/h3-6H,2H2,1H3,(H2,13,14);1-2H3. The van der Waals surface area contributed by atoms with Crippen LogP contribution in [0.3, 0.4) is 0 Å². The number of fused-ring (bicyclic) bond motifs is 1. The summed E-state index contributed by atoms with van der Waals surface area (Å²) in [4.78, 5) is 4.45. The molecule has 0 fully saturated rings. The van der Waals surface area contributed by atoms with Gasteiger partial charge in [-0.25, -0.2) is 0 Å². The predicted octanol–water partition coefficient (Wildman–Crippen LogP) is 4.06. The van der Waals surface area contributed by atoms with Crippen LogP contribution < -0.4 is 5.73 Å². The molecule has 0 aliphatic carbocycles. The second-order valence-electron chi connectivity index (χ2n) is 3.22. The van der Waals surface area contributed by atoms with E-state index in [-0.39, 0.29) is 0 Å². The summed E-state index contributed by atoms with van der Waals surface area (Å²) in [5, 5.41) is 1.66. The number of halogens is 1. The number of nitrogens with zero attached hydrogens (tertiary/aromatic N) is 1. The van der Waals surface area contributed by atoms with Crippen molar-refractivity contribution in [2.24, 2.45) is 0 Å². The summed E-state index contributed by atoms with van der Waals surface area (Å²) in [6.45, 7) is 6.05. The van der Waals surface area contributed by atoms with E-state index in [0.29, 0.717) is 5.02 Å². The third-order valence-electron chi connectivity index (χ3n) is 2.22. The van der Waals surface area contributed by atoms with Crippen LogP contribution in [0.5, 0.6) is 0 Å². The number of hydrogen-bond acceptors (Lipinski definition) is 2. The zero-order chi connectivity index (χ0) is 12.1. The molecule has 2 N–H and O–H groups in total. The van der Waals surface area contributed by atoms with E-state index < -0.39 is 0 Å². The molecule has 0 saturated carbocycles. The first-order chi connectivity index (χ1) is 7.70. The highest BCUT2D eigenvalue weighted by atomic mass is 35.5. The first kappa shape index (κ1) is 12.8. The third kappa shape index (κ3) is 2.64. The molecule has 0 aliphatic rings. The first-order valence-corrected chi connectivity index (χ1v) is 5.93. The van der Waals surface area contributed by atoms with E-state index in [4.69, 9.17) is 17.3 Å². The summed E-state index contributed by atoms with van der Waals surface area (Å²) in [6.07, 6.45) is 0.882. The number of pyridine rings is 1. The van der Waals surface area contributed by atoms with Crippen LogP contribution in [0.1, 0.15) is 26.5 Å². The molecule has 0 saturated heterocycles. The number of nitrogen functional groups attached to an aromatic ring is 1. The van der Waals surface area contributed by atoms with Crippen molar-refractivity contribution >= 4 is 28.2 Å². The zero-order valence-electron chi connectivity index (χ0n) is 9.92. The van der Waals surface area contributed by atoms with Crippen LogP contribution in [0.15, 0.2) is 24.3 Å². The van der Waals surface area contributed by atoms with Gasteiger partial charge in [-0.1, -0.05) is 32.4 Å². The molecule has 0 spiro atoms. The Bertz CT molecular complexity index is 481. The maximum atomic E-state index is 5.90. The minimum Gasteiger partial charge on any atom is -0.398 e. The molecule has 0 bridgehead atoms. The Balaban J connectivity index is 0.000000606. The van der Waals surface area contributed by atoms with Crippen molar-refractivity contribution in [1.29, 1.82) is 0 Å². The van der Waals surface area contributed by atoms with Crippen LogP contribution in [0.25, 0.3) is 10.9 Å². The Hall–Kier alpha value is -1.28. The van der Waals surface area contributed by atoms with Crippen molar-refractivity contribution in [2.45, 2.75) is 27.2 Å². The van der Waals surface area contributed by atoms with Gasteiger partial charge in [0.25, 0.3) is 0 Å². The SMILES string of the molecule is CC.CCc1cc(N)c2ccc(Cl)cc2n1. The number of anilines is 1. The van der Waals surface area contributed by atoms with Crippen molar-refractivity contribution in [3.05, 3.63) is 35.0 Å². The normalized spacial score (nSPS) is 9.75. The fourth-order valence-electron chi connectivity index (χ4n) is 1.47. The van der Waals surface area contributed by atoms with E-state index in [1.54, 1.807) is 0 Å². The van der Waals surface area contributed by atoms with Crippen LogP contribution >= 0.6 is 11.6 Å². The molecule has 0 unspecified atom stereocenters. The summed E-state index contributed by atoms with van der Waals surface area (Å²) in [5.41, 5.74) is 8.53. The number of hydrogen-bond donors (Lipinski definition) is 1.